The summed E-state index contributed by atoms with van der Waals surface area (Å²) in [6.07, 6.45) is -7.53. The summed E-state index contributed by atoms with van der Waals surface area (Å²) in [7, 11) is 0. The van der Waals surface area contributed by atoms with Crippen molar-refractivity contribution in [2.45, 2.75) is 19.3 Å². The maximum atomic E-state index is 12.5. The van der Waals surface area contributed by atoms with E-state index in [0.29, 0.717) is 0 Å². The minimum atomic E-state index is -5.12. The highest BCUT2D eigenvalue weighted by Crippen LogP contribution is 2.36. The van der Waals surface area contributed by atoms with Gasteiger partial charge in [0.05, 0.1) is 11.9 Å². The molecule has 4 N–H and O–H groups in total. The van der Waals surface area contributed by atoms with E-state index in [1.807, 2.05) is 0 Å². The molecule has 0 radical (unpaired) electrons. The van der Waals surface area contributed by atoms with Gasteiger partial charge in [-0.3, -0.25) is 0 Å². The van der Waals surface area contributed by atoms with Crippen molar-refractivity contribution in [2.75, 3.05) is 5.73 Å². The number of halogens is 5. The maximum Gasteiger partial charge on any atom is 0.573 e. The number of nitrogen functional groups attached to an aromatic ring is 1. The van der Waals surface area contributed by atoms with Crippen LogP contribution in [0.2, 0.25) is 0 Å². The zero-order chi connectivity index (χ0) is 13.2. The van der Waals surface area contributed by atoms with Crippen molar-refractivity contribution in [1.82, 2.24) is 4.98 Å². The first-order valence-electron chi connectivity index (χ1n) is 4.27. The lowest BCUT2D eigenvalue weighted by Crippen LogP contribution is -2.21. The van der Waals surface area contributed by atoms with Gasteiger partial charge in [0, 0.05) is 12.1 Å². The number of hydrogen-bond donors (Lipinski definition) is 2. The number of anilines is 1. The zero-order valence-corrected chi connectivity index (χ0v) is 8.26. The molecule has 17 heavy (non-hydrogen) atoms. The number of nitrogens with zero attached hydrogens (tertiary/aromatic N) is 1. The monoisotopic (exact) mass is 257 g/mol. The Morgan fingerprint density at radius 2 is 1.94 bits per heavy atom. The zero-order valence-electron chi connectivity index (χ0n) is 8.26. The van der Waals surface area contributed by atoms with Crippen molar-refractivity contribution in [2.24, 2.45) is 5.73 Å². The molecule has 0 unspecified atom stereocenters. The summed E-state index contributed by atoms with van der Waals surface area (Å²) in [5, 5.41) is 0. The van der Waals surface area contributed by atoms with Gasteiger partial charge < -0.3 is 16.2 Å². The van der Waals surface area contributed by atoms with Gasteiger partial charge in [-0.25, -0.2) is 13.8 Å². The van der Waals surface area contributed by atoms with Gasteiger partial charge in [-0.05, 0) is 0 Å². The van der Waals surface area contributed by atoms with Crippen LogP contribution in [0, 0.1) is 0 Å². The molecule has 4 nitrogen and oxygen atoms in total. The van der Waals surface area contributed by atoms with Crippen LogP contribution >= 0.6 is 0 Å². The molecule has 1 aromatic heterocycles. The molecule has 1 heterocycles. The minimum absolute atomic E-state index is 0.240. The third kappa shape index (κ3) is 3.16. The number of aromatic nitrogens is 1. The molecule has 0 aliphatic carbocycles. The summed E-state index contributed by atoms with van der Waals surface area (Å²) in [5.74, 6) is -1.13. The smallest absolute Gasteiger partial charge is 0.403 e. The van der Waals surface area contributed by atoms with Crippen molar-refractivity contribution in [3.8, 4) is 5.75 Å². The second-order valence-electron chi connectivity index (χ2n) is 2.96. The number of rotatable bonds is 3. The summed E-state index contributed by atoms with van der Waals surface area (Å²) in [4.78, 5) is 3.11. The first kappa shape index (κ1) is 13.4. The molecule has 0 aliphatic heterocycles. The largest absolute Gasteiger partial charge is 0.573 e. The summed E-state index contributed by atoms with van der Waals surface area (Å²) in [6, 6.07) is 0. The van der Waals surface area contributed by atoms with Crippen LogP contribution in [0.1, 0.15) is 17.7 Å². The molecule has 0 amide bonds. The van der Waals surface area contributed by atoms with Gasteiger partial charge in [0.15, 0.2) is 5.75 Å². The molecule has 0 aliphatic rings. The van der Waals surface area contributed by atoms with Crippen molar-refractivity contribution in [1.29, 1.82) is 0 Å². The topological polar surface area (TPSA) is 74.2 Å². The Morgan fingerprint density at radius 3 is 2.35 bits per heavy atom. The minimum Gasteiger partial charge on any atom is -0.403 e. The van der Waals surface area contributed by atoms with E-state index in [9.17, 15) is 22.0 Å². The van der Waals surface area contributed by atoms with Crippen LogP contribution in [0.4, 0.5) is 27.6 Å². The van der Waals surface area contributed by atoms with Gasteiger partial charge in [-0.15, -0.1) is 13.2 Å². The molecule has 0 spiro atoms. The molecule has 0 fully saturated rings. The van der Waals surface area contributed by atoms with Gasteiger partial charge in [0.2, 0.25) is 0 Å². The Hall–Kier alpha value is -1.64. The van der Waals surface area contributed by atoms with Crippen molar-refractivity contribution in [3.05, 3.63) is 17.5 Å². The summed E-state index contributed by atoms with van der Waals surface area (Å²) < 4.78 is 64.6. The van der Waals surface area contributed by atoms with E-state index in [1.54, 1.807) is 0 Å². The Morgan fingerprint density at radius 1 is 1.35 bits per heavy atom. The molecule has 9 heteroatoms. The van der Waals surface area contributed by atoms with E-state index >= 15 is 0 Å². The highest BCUT2D eigenvalue weighted by Gasteiger charge is 2.35. The molecule has 96 valence electrons. The lowest BCUT2D eigenvalue weighted by atomic mass is 10.1. The van der Waals surface area contributed by atoms with Gasteiger partial charge in [0.25, 0.3) is 6.43 Å². The van der Waals surface area contributed by atoms with Crippen LogP contribution in [0.25, 0.3) is 0 Å². The van der Waals surface area contributed by atoms with E-state index in [2.05, 4.69) is 9.72 Å². The van der Waals surface area contributed by atoms with Crippen LogP contribution in [0.5, 0.6) is 5.75 Å². The normalized spacial score (nSPS) is 11.9. The fraction of sp³-hybridized carbons (Fsp3) is 0.375. The Labute approximate surface area is 92.4 Å². The van der Waals surface area contributed by atoms with Gasteiger partial charge in [0.1, 0.15) is 5.69 Å². The van der Waals surface area contributed by atoms with Gasteiger partial charge in [-0.2, -0.15) is 0 Å². The lowest BCUT2D eigenvalue weighted by molar-refractivity contribution is -0.275. The molecule has 1 aromatic rings. The predicted molar refractivity (Wildman–Crippen MR) is 48.2 cm³/mol. The van der Waals surface area contributed by atoms with Gasteiger partial charge >= 0.3 is 6.36 Å². The SMILES string of the molecule is NCc1c(N)cnc(C(F)F)c1OC(F)(F)F. The second-order valence-corrected chi connectivity index (χ2v) is 2.96. The molecule has 0 saturated heterocycles. The average molecular weight is 257 g/mol. The van der Waals surface area contributed by atoms with Crippen LogP contribution in [-0.2, 0) is 6.54 Å². The number of ether oxygens (including phenoxy) is 1. The molecule has 0 atom stereocenters. The van der Waals surface area contributed by atoms with Crippen LogP contribution in [-0.4, -0.2) is 11.3 Å². The first-order valence-corrected chi connectivity index (χ1v) is 4.27. The Bertz CT molecular complexity index is 407. The predicted octanol–water partition coefficient (Wildman–Crippen LogP) is 1.96. The highest BCUT2D eigenvalue weighted by molar-refractivity contribution is 5.54. The molecule has 0 aromatic carbocycles. The molecular formula is C8H8F5N3O. The third-order valence-corrected chi connectivity index (χ3v) is 1.83. The first-order chi connectivity index (χ1) is 7.76. The quantitative estimate of drug-likeness (QED) is 0.812. The fourth-order valence-electron chi connectivity index (χ4n) is 1.16. The van der Waals surface area contributed by atoms with Crippen molar-refractivity contribution < 1.29 is 26.7 Å². The Kier molecular flexibility index (Phi) is 3.71. The molecule has 0 bridgehead atoms. The Balaban J connectivity index is 3.34. The number of nitrogens with two attached hydrogens (primary N) is 2. The van der Waals surface area contributed by atoms with Gasteiger partial charge in [-0.1, -0.05) is 0 Å². The highest BCUT2D eigenvalue weighted by atomic mass is 19.4. The molecule has 0 saturated carbocycles. The van der Waals surface area contributed by atoms with E-state index in [1.165, 1.54) is 0 Å². The lowest BCUT2D eigenvalue weighted by Gasteiger charge is -2.16. The van der Waals surface area contributed by atoms with Crippen LogP contribution in [0.3, 0.4) is 0 Å². The second kappa shape index (κ2) is 4.70. The van der Waals surface area contributed by atoms with E-state index in [-0.39, 0.29) is 11.3 Å². The standard InChI is InChI=1S/C8H8F5N3O/c9-7(10)5-6(17-8(11,12)13)3(1-14)4(15)2-16-5/h2,7H,1,14-15H2. The van der Waals surface area contributed by atoms with Crippen LogP contribution < -0.4 is 16.2 Å². The maximum absolute atomic E-state index is 12.5. The van der Waals surface area contributed by atoms with E-state index in [4.69, 9.17) is 11.5 Å². The van der Waals surface area contributed by atoms with E-state index in [0.717, 1.165) is 6.20 Å². The fourth-order valence-corrected chi connectivity index (χ4v) is 1.16. The third-order valence-electron chi connectivity index (χ3n) is 1.83. The summed E-state index contributed by atoms with van der Waals surface area (Å²) >= 11 is 0. The van der Waals surface area contributed by atoms with Crippen molar-refractivity contribution in [3.63, 3.8) is 0 Å². The number of hydrogen-bond acceptors (Lipinski definition) is 4. The molecule has 1 rings (SSSR count). The van der Waals surface area contributed by atoms with Crippen molar-refractivity contribution >= 4 is 5.69 Å². The summed E-state index contributed by atoms with van der Waals surface area (Å²) in [5.41, 5.74) is 8.69. The number of pyridine rings is 1. The van der Waals surface area contributed by atoms with E-state index < -0.39 is 30.8 Å². The summed E-state index contributed by atoms with van der Waals surface area (Å²) in [6.45, 7) is -0.473. The molecular weight excluding hydrogens is 249 g/mol. The van der Waals surface area contributed by atoms with Crippen LogP contribution in [0.15, 0.2) is 6.20 Å². The number of alkyl halides is 5. The average Bonchev–Trinajstić information content (AvgIpc) is 2.15.